The largest absolute Gasteiger partial charge is 0.302 e. The Morgan fingerprint density at radius 3 is 2.64 bits per heavy atom. The number of aryl methyl sites for hydroxylation is 1. The number of nitrogens with zero attached hydrogens (tertiary/aromatic N) is 2. The van der Waals surface area contributed by atoms with Crippen molar-refractivity contribution in [3.05, 3.63) is 76.6 Å². The number of thiazole rings is 1. The van der Waals surface area contributed by atoms with E-state index in [1.54, 1.807) is 18.6 Å². The van der Waals surface area contributed by atoms with Gasteiger partial charge in [0.15, 0.2) is 16.8 Å². The van der Waals surface area contributed by atoms with E-state index in [0.717, 1.165) is 16.5 Å². The topological polar surface area (TPSA) is 54.9 Å². The smallest absolute Gasteiger partial charge is 0.226 e. The van der Waals surface area contributed by atoms with Crippen molar-refractivity contribution in [2.75, 3.05) is 5.32 Å². The van der Waals surface area contributed by atoms with E-state index in [2.05, 4.69) is 15.3 Å². The summed E-state index contributed by atoms with van der Waals surface area (Å²) in [6, 6.07) is 7.55. The standard InChI is InChI=1S/C18H15F2N3OS/c19-15-3-1-13(10-16(15)20)9-14-11-22-18(25-14)23-17(24)4-2-12-5-7-21-8-6-12/h1,3,5-8,10-11H,2,4,9H2,(H,22,23,24). The van der Waals surface area contributed by atoms with Crippen LogP contribution in [0.1, 0.15) is 22.4 Å². The minimum absolute atomic E-state index is 0.120. The predicted molar refractivity (Wildman–Crippen MR) is 92.5 cm³/mol. The van der Waals surface area contributed by atoms with Crippen LogP contribution in [0.15, 0.2) is 48.9 Å². The zero-order valence-corrected chi connectivity index (χ0v) is 14.0. The molecule has 25 heavy (non-hydrogen) atoms. The Kier molecular flexibility index (Phi) is 5.45. The number of amides is 1. The zero-order valence-electron chi connectivity index (χ0n) is 13.2. The number of aromatic nitrogens is 2. The second-order valence-electron chi connectivity index (χ2n) is 5.46. The van der Waals surface area contributed by atoms with E-state index < -0.39 is 11.6 Å². The van der Waals surface area contributed by atoms with Gasteiger partial charge in [0.1, 0.15) is 0 Å². The number of hydrogen-bond donors (Lipinski definition) is 1. The number of halogens is 2. The molecule has 1 amide bonds. The van der Waals surface area contributed by atoms with Gasteiger partial charge in [-0.2, -0.15) is 0 Å². The molecular formula is C18H15F2N3OS. The van der Waals surface area contributed by atoms with Crippen LogP contribution in [0.5, 0.6) is 0 Å². The molecule has 0 aliphatic carbocycles. The van der Waals surface area contributed by atoms with E-state index in [9.17, 15) is 13.6 Å². The number of rotatable bonds is 6. The van der Waals surface area contributed by atoms with Crippen molar-refractivity contribution in [2.45, 2.75) is 19.3 Å². The fourth-order valence-electron chi connectivity index (χ4n) is 2.29. The molecule has 0 atom stereocenters. The van der Waals surface area contributed by atoms with Crippen LogP contribution in [-0.4, -0.2) is 15.9 Å². The van der Waals surface area contributed by atoms with E-state index in [1.807, 2.05) is 12.1 Å². The number of nitrogens with one attached hydrogen (secondary N) is 1. The summed E-state index contributed by atoms with van der Waals surface area (Å²) in [7, 11) is 0. The van der Waals surface area contributed by atoms with Gasteiger partial charge in [-0.15, -0.1) is 11.3 Å². The molecule has 0 unspecified atom stereocenters. The average molecular weight is 359 g/mol. The molecule has 7 heteroatoms. The molecular weight excluding hydrogens is 344 g/mol. The molecule has 128 valence electrons. The van der Waals surface area contributed by atoms with Crippen LogP contribution in [0.4, 0.5) is 13.9 Å². The first-order valence-electron chi connectivity index (χ1n) is 7.67. The molecule has 0 aliphatic rings. The number of carbonyl (C=O) groups excluding carboxylic acids is 1. The highest BCUT2D eigenvalue weighted by Crippen LogP contribution is 2.22. The Morgan fingerprint density at radius 1 is 1.08 bits per heavy atom. The molecule has 2 heterocycles. The summed E-state index contributed by atoms with van der Waals surface area (Å²) < 4.78 is 26.2. The first kappa shape index (κ1) is 17.2. The highest BCUT2D eigenvalue weighted by atomic mass is 32.1. The lowest BCUT2D eigenvalue weighted by Crippen LogP contribution is -2.11. The van der Waals surface area contributed by atoms with Crippen molar-refractivity contribution >= 4 is 22.4 Å². The summed E-state index contributed by atoms with van der Waals surface area (Å²) in [4.78, 5) is 20.9. The average Bonchev–Trinajstić information content (AvgIpc) is 3.04. The fourth-order valence-corrected chi connectivity index (χ4v) is 3.15. The van der Waals surface area contributed by atoms with Gasteiger partial charge in [0.2, 0.25) is 5.91 Å². The summed E-state index contributed by atoms with van der Waals surface area (Å²) in [6.07, 6.45) is 6.42. The minimum atomic E-state index is -0.869. The predicted octanol–water partition coefficient (Wildman–Crippen LogP) is 3.98. The Hall–Kier alpha value is -2.67. The summed E-state index contributed by atoms with van der Waals surface area (Å²) >= 11 is 1.32. The van der Waals surface area contributed by atoms with E-state index in [4.69, 9.17) is 0 Å². The normalized spacial score (nSPS) is 10.6. The number of pyridine rings is 1. The van der Waals surface area contributed by atoms with Gasteiger partial charge in [0.05, 0.1) is 0 Å². The molecule has 1 N–H and O–H groups in total. The van der Waals surface area contributed by atoms with Crippen molar-refractivity contribution in [3.63, 3.8) is 0 Å². The first-order chi connectivity index (χ1) is 12.1. The molecule has 2 aromatic heterocycles. The third-order valence-corrected chi connectivity index (χ3v) is 4.47. The molecule has 4 nitrogen and oxygen atoms in total. The Bertz CT molecular complexity index is 868. The monoisotopic (exact) mass is 359 g/mol. The zero-order chi connectivity index (χ0) is 17.6. The summed E-state index contributed by atoms with van der Waals surface area (Å²) in [5.74, 6) is -1.85. The van der Waals surface area contributed by atoms with Gasteiger partial charge in [-0.1, -0.05) is 6.07 Å². The first-order valence-corrected chi connectivity index (χ1v) is 8.49. The van der Waals surface area contributed by atoms with E-state index >= 15 is 0 Å². The molecule has 0 bridgehead atoms. The van der Waals surface area contributed by atoms with Crippen LogP contribution < -0.4 is 5.32 Å². The number of anilines is 1. The highest BCUT2D eigenvalue weighted by molar-refractivity contribution is 7.15. The Balaban J connectivity index is 1.54. The number of carbonyl (C=O) groups is 1. The summed E-state index contributed by atoms with van der Waals surface area (Å²) in [5, 5.41) is 3.26. The Labute approximate surface area is 147 Å². The lowest BCUT2D eigenvalue weighted by Gasteiger charge is -2.02. The lowest BCUT2D eigenvalue weighted by atomic mass is 10.1. The van der Waals surface area contributed by atoms with Gasteiger partial charge in [0, 0.05) is 36.3 Å². The fraction of sp³-hybridized carbons (Fsp3) is 0.167. The lowest BCUT2D eigenvalue weighted by molar-refractivity contribution is -0.116. The van der Waals surface area contributed by atoms with Crippen molar-refractivity contribution in [3.8, 4) is 0 Å². The van der Waals surface area contributed by atoms with Gasteiger partial charge in [-0.05, 0) is 41.8 Å². The molecule has 0 aliphatic heterocycles. The van der Waals surface area contributed by atoms with Crippen LogP contribution >= 0.6 is 11.3 Å². The van der Waals surface area contributed by atoms with Gasteiger partial charge >= 0.3 is 0 Å². The maximum atomic E-state index is 13.2. The van der Waals surface area contributed by atoms with Crippen LogP contribution in [0, 0.1) is 11.6 Å². The van der Waals surface area contributed by atoms with E-state index in [1.165, 1.54) is 23.5 Å². The van der Waals surface area contributed by atoms with Crippen molar-refractivity contribution in [1.82, 2.24) is 9.97 Å². The molecule has 0 saturated carbocycles. The van der Waals surface area contributed by atoms with Crippen LogP contribution in [0.25, 0.3) is 0 Å². The highest BCUT2D eigenvalue weighted by Gasteiger charge is 2.09. The number of benzene rings is 1. The minimum Gasteiger partial charge on any atom is -0.302 e. The van der Waals surface area contributed by atoms with Gasteiger partial charge < -0.3 is 5.32 Å². The third kappa shape index (κ3) is 4.90. The SMILES string of the molecule is O=C(CCc1ccncc1)Nc1ncc(Cc2ccc(F)c(F)c2)s1. The second kappa shape index (κ2) is 7.94. The Morgan fingerprint density at radius 2 is 1.88 bits per heavy atom. The molecule has 0 spiro atoms. The molecule has 0 fully saturated rings. The summed E-state index contributed by atoms with van der Waals surface area (Å²) in [6.45, 7) is 0. The summed E-state index contributed by atoms with van der Waals surface area (Å²) in [5.41, 5.74) is 1.70. The third-order valence-electron chi connectivity index (χ3n) is 3.55. The maximum absolute atomic E-state index is 13.2. The van der Waals surface area contributed by atoms with Gasteiger partial charge in [0.25, 0.3) is 0 Å². The van der Waals surface area contributed by atoms with Crippen molar-refractivity contribution < 1.29 is 13.6 Å². The maximum Gasteiger partial charge on any atom is 0.226 e. The molecule has 1 aromatic carbocycles. The van der Waals surface area contributed by atoms with E-state index in [0.29, 0.717) is 30.0 Å². The molecule has 3 aromatic rings. The van der Waals surface area contributed by atoms with E-state index in [-0.39, 0.29) is 5.91 Å². The van der Waals surface area contributed by atoms with Crippen molar-refractivity contribution in [1.29, 1.82) is 0 Å². The van der Waals surface area contributed by atoms with Gasteiger partial charge in [-0.3, -0.25) is 9.78 Å². The quantitative estimate of drug-likeness (QED) is 0.724. The van der Waals surface area contributed by atoms with Gasteiger partial charge in [-0.25, -0.2) is 13.8 Å². The molecule has 3 rings (SSSR count). The van der Waals surface area contributed by atoms with Crippen LogP contribution in [0.3, 0.4) is 0 Å². The van der Waals surface area contributed by atoms with Crippen molar-refractivity contribution in [2.24, 2.45) is 0 Å². The van der Waals surface area contributed by atoms with Crippen LogP contribution in [0.2, 0.25) is 0 Å². The molecule has 0 radical (unpaired) electrons. The van der Waals surface area contributed by atoms with Crippen LogP contribution in [-0.2, 0) is 17.6 Å². The number of hydrogen-bond acceptors (Lipinski definition) is 4. The second-order valence-corrected chi connectivity index (χ2v) is 6.58. The molecule has 0 saturated heterocycles.